The van der Waals surface area contributed by atoms with Gasteiger partial charge in [0.2, 0.25) is 0 Å². The zero-order valence-electron chi connectivity index (χ0n) is 10.7. The number of rotatable bonds is 4. The first kappa shape index (κ1) is 13.6. The van der Waals surface area contributed by atoms with E-state index in [1.54, 1.807) is 24.3 Å². The summed E-state index contributed by atoms with van der Waals surface area (Å²) in [5, 5.41) is 8.77. The van der Waals surface area contributed by atoms with Crippen LogP contribution in [0.2, 0.25) is 0 Å². The van der Waals surface area contributed by atoms with E-state index < -0.39 is 11.9 Å². The largest absolute Gasteiger partial charge is 0.497 e. The Hall–Kier alpha value is -2.82. The quantitative estimate of drug-likeness (QED) is 0.684. The number of carbonyl (C=O) groups excluding carboxylic acids is 1. The Kier molecular flexibility index (Phi) is 4.00. The van der Waals surface area contributed by atoms with Crippen LogP contribution in [0.25, 0.3) is 0 Å². The number of methoxy groups -OCH3 is 1. The normalized spacial score (nSPS) is 9.85. The van der Waals surface area contributed by atoms with E-state index in [2.05, 4.69) is 0 Å². The van der Waals surface area contributed by atoms with Gasteiger partial charge in [-0.15, -0.1) is 0 Å². The van der Waals surface area contributed by atoms with Crippen molar-refractivity contribution in [1.29, 1.82) is 0 Å². The summed E-state index contributed by atoms with van der Waals surface area (Å²) in [7, 11) is 1.54. The maximum absolute atomic E-state index is 11.9. The van der Waals surface area contributed by atoms with Crippen LogP contribution in [0.15, 0.2) is 48.5 Å². The summed E-state index contributed by atoms with van der Waals surface area (Å²) in [5.74, 6) is -0.614. The minimum Gasteiger partial charge on any atom is -0.497 e. The summed E-state index contributed by atoms with van der Waals surface area (Å²) in [6.07, 6.45) is 0. The number of esters is 1. The van der Waals surface area contributed by atoms with Crippen LogP contribution in [0, 0.1) is 0 Å². The van der Waals surface area contributed by atoms with Gasteiger partial charge in [-0.3, -0.25) is 0 Å². The fourth-order valence-corrected chi connectivity index (χ4v) is 1.56. The van der Waals surface area contributed by atoms with E-state index in [9.17, 15) is 9.59 Å². The molecular weight excluding hydrogens is 260 g/mol. The second-order valence-electron chi connectivity index (χ2n) is 3.95. The number of benzene rings is 2. The third-order valence-corrected chi connectivity index (χ3v) is 2.64. The first-order chi connectivity index (χ1) is 9.60. The SMILES string of the molecule is COc1ccc(C(=O)Oc2ccc(C(=O)O)cc2)cc1. The summed E-state index contributed by atoms with van der Waals surface area (Å²) in [5.41, 5.74) is 0.516. The van der Waals surface area contributed by atoms with Gasteiger partial charge in [0.05, 0.1) is 18.2 Å². The second-order valence-corrected chi connectivity index (χ2v) is 3.95. The van der Waals surface area contributed by atoms with E-state index in [1.165, 1.54) is 31.4 Å². The maximum atomic E-state index is 11.9. The zero-order valence-corrected chi connectivity index (χ0v) is 10.7. The maximum Gasteiger partial charge on any atom is 0.343 e. The van der Waals surface area contributed by atoms with E-state index in [1.807, 2.05) is 0 Å². The zero-order chi connectivity index (χ0) is 14.5. The van der Waals surface area contributed by atoms with Crippen molar-refractivity contribution >= 4 is 11.9 Å². The number of aromatic carboxylic acids is 1. The smallest absolute Gasteiger partial charge is 0.343 e. The Balaban J connectivity index is 2.08. The standard InChI is InChI=1S/C15H12O5/c1-19-12-6-4-11(5-7-12)15(18)20-13-8-2-10(3-9-13)14(16)17/h2-9H,1H3,(H,16,17). The molecule has 0 spiro atoms. The molecule has 0 saturated carbocycles. The highest BCUT2D eigenvalue weighted by molar-refractivity contribution is 5.91. The molecule has 0 aliphatic carbocycles. The van der Waals surface area contributed by atoms with E-state index in [0.717, 1.165) is 0 Å². The van der Waals surface area contributed by atoms with Gasteiger partial charge in [0.25, 0.3) is 0 Å². The molecule has 0 unspecified atom stereocenters. The molecule has 5 nitrogen and oxygen atoms in total. The lowest BCUT2D eigenvalue weighted by atomic mass is 10.2. The number of carboxylic acids is 1. The van der Waals surface area contributed by atoms with Gasteiger partial charge < -0.3 is 14.6 Å². The van der Waals surface area contributed by atoms with Crippen molar-refractivity contribution in [2.75, 3.05) is 7.11 Å². The van der Waals surface area contributed by atoms with Gasteiger partial charge in [-0.25, -0.2) is 9.59 Å². The predicted octanol–water partition coefficient (Wildman–Crippen LogP) is 2.61. The molecular formula is C15H12O5. The van der Waals surface area contributed by atoms with Crippen LogP contribution in [-0.2, 0) is 0 Å². The van der Waals surface area contributed by atoms with Crippen molar-refractivity contribution in [3.8, 4) is 11.5 Å². The van der Waals surface area contributed by atoms with Crippen LogP contribution in [0.3, 0.4) is 0 Å². The molecule has 0 heterocycles. The van der Waals surface area contributed by atoms with Crippen molar-refractivity contribution < 1.29 is 24.2 Å². The van der Waals surface area contributed by atoms with E-state index >= 15 is 0 Å². The van der Waals surface area contributed by atoms with Gasteiger partial charge in [-0.2, -0.15) is 0 Å². The number of hydrogen-bond acceptors (Lipinski definition) is 4. The van der Waals surface area contributed by atoms with Crippen LogP contribution in [0.4, 0.5) is 0 Å². The van der Waals surface area contributed by atoms with Crippen molar-refractivity contribution in [3.63, 3.8) is 0 Å². The van der Waals surface area contributed by atoms with Crippen LogP contribution in [0.1, 0.15) is 20.7 Å². The van der Waals surface area contributed by atoms with Gasteiger partial charge in [0.15, 0.2) is 0 Å². The lowest BCUT2D eigenvalue weighted by Crippen LogP contribution is -2.08. The minimum atomic E-state index is -1.03. The summed E-state index contributed by atoms with van der Waals surface area (Å²) in [6, 6.07) is 12.1. The summed E-state index contributed by atoms with van der Waals surface area (Å²) in [4.78, 5) is 22.5. The molecule has 5 heteroatoms. The van der Waals surface area contributed by atoms with Crippen LogP contribution in [0.5, 0.6) is 11.5 Å². The van der Waals surface area contributed by atoms with Gasteiger partial charge >= 0.3 is 11.9 Å². The third kappa shape index (κ3) is 3.14. The summed E-state index contributed by atoms with van der Waals surface area (Å²) < 4.78 is 10.1. The molecule has 0 aromatic heterocycles. The van der Waals surface area contributed by atoms with Gasteiger partial charge in [-0.1, -0.05) is 0 Å². The van der Waals surface area contributed by atoms with E-state index in [-0.39, 0.29) is 11.3 Å². The van der Waals surface area contributed by atoms with Gasteiger partial charge in [0.1, 0.15) is 11.5 Å². The Morgan fingerprint density at radius 3 is 1.85 bits per heavy atom. The lowest BCUT2D eigenvalue weighted by molar-refractivity contribution is 0.0696. The van der Waals surface area contributed by atoms with Crippen molar-refractivity contribution in [3.05, 3.63) is 59.7 Å². The topological polar surface area (TPSA) is 72.8 Å². The summed E-state index contributed by atoms with van der Waals surface area (Å²) >= 11 is 0. The van der Waals surface area contributed by atoms with Crippen molar-refractivity contribution in [2.24, 2.45) is 0 Å². The van der Waals surface area contributed by atoms with Crippen LogP contribution in [-0.4, -0.2) is 24.2 Å². The number of hydrogen-bond donors (Lipinski definition) is 1. The highest BCUT2D eigenvalue weighted by atomic mass is 16.5. The van der Waals surface area contributed by atoms with Crippen molar-refractivity contribution in [1.82, 2.24) is 0 Å². The van der Waals surface area contributed by atoms with E-state index in [4.69, 9.17) is 14.6 Å². The minimum absolute atomic E-state index is 0.134. The second kappa shape index (κ2) is 5.88. The molecule has 1 N–H and O–H groups in total. The number of carbonyl (C=O) groups is 2. The Labute approximate surface area is 115 Å². The fraction of sp³-hybridized carbons (Fsp3) is 0.0667. The Morgan fingerprint density at radius 1 is 0.850 bits per heavy atom. The molecule has 0 aliphatic rings. The summed E-state index contributed by atoms with van der Waals surface area (Å²) in [6.45, 7) is 0. The number of ether oxygens (including phenoxy) is 2. The molecule has 0 atom stereocenters. The molecule has 2 aromatic carbocycles. The lowest BCUT2D eigenvalue weighted by Gasteiger charge is -2.05. The average Bonchev–Trinajstić information content (AvgIpc) is 2.48. The molecule has 0 amide bonds. The molecule has 0 radical (unpaired) electrons. The molecule has 2 rings (SSSR count). The molecule has 102 valence electrons. The monoisotopic (exact) mass is 272 g/mol. The molecule has 2 aromatic rings. The molecule has 0 bridgehead atoms. The Bertz CT molecular complexity index is 614. The van der Waals surface area contributed by atoms with Gasteiger partial charge in [0, 0.05) is 0 Å². The van der Waals surface area contributed by atoms with Crippen LogP contribution < -0.4 is 9.47 Å². The number of carboxylic acid groups (broad SMARTS) is 1. The van der Waals surface area contributed by atoms with Gasteiger partial charge in [-0.05, 0) is 48.5 Å². The Morgan fingerprint density at radius 2 is 1.35 bits per heavy atom. The average molecular weight is 272 g/mol. The first-order valence-electron chi connectivity index (χ1n) is 5.80. The first-order valence-corrected chi connectivity index (χ1v) is 5.80. The molecule has 0 saturated heterocycles. The van der Waals surface area contributed by atoms with Crippen molar-refractivity contribution in [2.45, 2.75) is 0 Å². The van der Waals surface area contributed by atoms with Crippen LogP contribution >= 0.6 is 0 Å². The highest BCUT2D eigenvalue weighted by Gasteiger charge is 2.09. The fourth-order valence-electron chi connectivity index (χ4n) is 1.56. The van der Waals surface area contributed by atoms with E-state index in [0.29, 0.717) is 11.3 Å². The highest BCUT2D eigenvalue weighted by Crippen LogP contribution is 2.16. The molecule has 20 heavy (non-hydrogen) atoms. The molecule has 0 aliphatic heterocycles. The third-order valence-electron chi connectivity index (χ3n) is 2.64. The molecule has 0 fully saturated rings. The predicted molar refractivity (Wildman–Crippen MR) is 71.4 cm³/mol.